The molecule has 1 aromatic carbocycles. The van der Waals surface area contributed by atoms with Crippen molar-refractivity contribution in [2.75, 3.05) is 13.1 Å². The Labute approximate surface area is 165 Å². The first kappa shape index (κ1) is 18.5. The molecule has 144 valence electrons. The summed E-state index contributed by atoms with van der Waals surface area (Å²) in [5.41, 5.74) is 3.39. The van der Waals surface area contributed by atoms with Gasteiger partial charge in [0.1, 0.15) is 0 Å². The fraction of sp³-hybridized carbons (Fsp3) is 0.524. The minimum absolute atomic E-state index is 0.231. The molecule has 0 spiro atoms. The molecule has 1 unspecified atom stereocenters. The molecule has 0 bridgehead atoms. The number of rotatable bonds is 7. The number of nitrogens with one attached hydrogen (secondary N) is 2. The van der Waals surface area contributed by atoms with Crippen LogP contribution >= 0.6 is 11.6 Å². The number of H-pyrrole nitrogens is 1. The highest BCUT2D eigenvalue weighted by Gasteiger charge is 2.25. The molecule has 2 heterocycles. The number of piperidine rings is 1. The predicted molar refractivity (Wildman–Crippen MR) is 107 cm³/mol. The number of carbonyl (C=O) groups is 1. The van der Waals surface area contributed by atoms with Crippen molar-refractivity contribution in [2.24, 2.45) is 5.92 Å². The van der Waals surface area contributed by atoms with Gasteiger partial charge in [0.2, 0.25) is 5.91 Å². The molecular formula is C21H27ClN4O. The standard InChI is InChI=1S/C21H27ClN4O/c22-18-6-4-16(5-7-18)21-17(12-23-25-21)14-26-11-1-2-15(13-26)3-10-20(27)24-19-8-9-19/h4-7,12,15,19H,1-3,8-11,13-14H2,(H,23,25)(H,24,27). The molecule has 2 fully saturated rings. The number of aromatic amines is 1. The second kappa shape index (κ2) is 8.44. The summed E-state index contributed by atoms with van der Waals surface area (Å²) >= 11 is 6.01. The molecule has 2 aliphatic rings. The second-order valence-electron chi connectivity index (χ2n) is 7.90. The maximum absolute atomic E-state index is 12.0. The lowest BCUT2D eigenvalue weighted by atomic mass is 9.93. The molecule has 0 radical (unpaired) electrons. The molecule has 6 heteroatoms. The third-order valence-corrected chi connectivity index (χ3v) is 5.82. The summed E-state index contributed by atoms with van der Waals surface area (Å²) in [5, 5.41) is 11.2. The number of carbonyl (C=O) groups excluding carboxylic acids is 1. The van der Waals surface area contributed by atoms with Gasteiger partial charge in [0.05, 0.1) is 11.9 Å². The van der Waals surface area contributed by atoms with Gasteiger partial charge in [-0.3, -0.25) is 14.8 Å². The molecule has 2 N–H and O–H groups in total. The van der Waals surface area contributed by atoms with Gasteiger partial charge in [-0.2, -0.15) is 5.10 Å². The van der Waals surface area contributed by atoms with Crippen LogP contribution in [0, 0.1) is 5.92 Å². The molecule has 1 aliphatic heterocycles. The summed E-state index contributed by atoms with van der Waals surface area (Å²) in [7, 11) is 0. The van der Waals surface area contributed by atoms with Crippen molar-refractivity contribution in [1.82, 2.24) is 20.4 Å². The third-order valence-electron chi connectivity index (χ3n) is 5.57. The molecule has 4 rings (SSSR count). The number of halogens is 1. The van der Waals surface area contributed by atoms with Crippen molar-refractivity contribution >= 4 is 17.5 Å². The Bertz CT molecular complexity index is 769. The van der Waals surface area contributed by atoms with Crippen molar-refractivity contribution < 1.29 is 4.79 Å². The maximum Gasteiger partial charge on any atom is 0.220 e. The zero-order chi connectivity index (χ0) is 18.6. The van der Waals surface area contributed by atoms with Gasteiger partial charge in [-0.1, -0.05) is 23.7 Å². The van der Waals surface area contributed by atoms with Crippen LogP contribution in [0.5, 0.6) is 0 Å². The molecule has 5 nitrogen and oxygen atoms in total. The highest BCUT2D eigenvalue weighted by atomic mass is 35.5. The number of amides is 1. The van der Waals surface area contributed by atoms with Crippen molar-refractivity contribution in [3.63, 3.8) is 0 Å². The van der Waals surface area contributed by atoms with Gasteiger partial charge >= 0.3 is 0 Å². The van der Waals surface area contributed by atoms with E-state index in [-0.39, 0.29) is 5.91 Å². The van der Waals surface area contributed by atoms with E-state index in [4.69, 9.17) is 11.6 Å². The number of likely N-dealkylation sites (tertiary alicyclic amines) is 1. The van der Waals surface area contributed by atoms with Crippen LogP contribution in [0.25, 0.3) is 11.3 Å². The minimum Gasteiger partial charge on any atom is -0.353 e. The Morgan fingerprint density at radius 3 is 2.85 bits per heavy atom. The average molecular weight is 387 g/mol. The monoisotopic (exact) mass is 386 g/mol. The summed E-state index contributed by atoms with van der Waals surface area (Å²) < 4.78 is 0. The molecule has 1 atom stereocenters. The van der Waals surface area contributed by atoms with E-state index in [1.165, 1.54) is 18.4 Å². The summed E-state index contributed by atoms with van der Waals surface area (Å²) in [6.45, 7) is 3.05. The quantitative estimate of drug-likeness (QED) is 0.756. The van der Waals surface area contributed by atoms with Crippen LogP contribution in [0.15, 0.2) is 30.5 Å². The topological polar surface area (TPSA) is 61.0 Å². The Balaban J connectivity index is 1.32. The largest absolute Gasteiger partial charge is 0.353 e. The van der Waals surface area contributed by atoms with Crippen molar-refractivity contribution in [1.29, 1.82) is 0 Å². The van der Waals surface area contributed by atoms with Gasteiger partial charge in [0.15, 0.2) is 0 Å². The summed E-state index contributed by atoms with van der Waals surface area (Å²) in [6, 6.07) is 8.33. The van der Waals surface area contributed by atoms with Gasteiger partial charge in [0, 0.05) is 36.1 Å². The van der Waals surface area contributed by atoms with E-state index in [1.54, 1.807) is 0 Å². The van der Waals surface area contributed by atoms with Crippen molar-refractivity contribution in [3.05, 3.63) is 41.0 Å². The van der Waals surface area contributed by atoms with E-state index in [0.29, 0.717) is 18.4 Å². The smallest absolute Gasteiger partial charge is 0.220 e. The van der Waals surface area contributed by atoms with E-state index in [9.17, 15) is 4.79 Å². The summed E-state index contributed by atoms with van der Waals surface area (Å²) in [5.74, 6) is 0.837. The summed E-state index contributed by atoms with van der Waals surface area (Å²) in [6.07, 6.45) is 8.32. The van der Waals surface area contributed by atoms with E-state index in [0.717, 1.165) is 55.2 Å². The third kappa shape index (κ3) is 5.11. The van der Waals surface area contributed by atoms with Crippen LogP contribution < -0.4 is 5.32 Å². The molecule has 2 aromatic rings. The first-order chi connectivity index (χ1) is 13.2. The molecular weight excluding hydrogens is 360 g/mol. The van der Waals surface area contributed by atoms with Crippen LogP contribution in [0.4, 0.5) is 0 Å². The lowest BCUT2D eigenvalue weighted by molar-refractivity contribution is -0.121. The van der Waals surface area contributed by atoms with Gasteiger partial charge in [-0.15, -0.1) is 0 Å². The van der Waals surface area contributed by atoms with E-state index in [1.807, 2.05) is 30.5 Å². The number of aromatic nitrogens is 2. The Morgan fingerprint density at radius 1 is 1.26 bits per heavy atom. The Morgan fingerprint density at radius 2 is 2.07 bits per heavy atom. The van der Waals surface area contributed by atoms with Crippen molar-refractivity contribution in [3.8, 4) is 11.3 Å². The molecule has 1 aromatic heterocycles. The van der Waals surface area contributed by atoms with E-state index >= 15 is 0 Å². The van der Waals surface area contributed by atoms with Gasteiger partial charge in [0.25, 0.3) is 0 Å². The van der Waals surface area contributed by atoms with Crippen LogP contribution in [0.2, 0.25) is 5.02 Å². The molecule has 1 aliphatic carbocycles. The lowest BCUT2D eigenvalue weighted by Crippen LogP contribution is -2.35. The van der Waals surface area contributed by atoms with Gasteiger partial charge in [-0.05, 0) is 62.3 Å². The van der Waals surface area contributed by atoms with Gasteiger partial charge < -0.3 is 5.32 Å². The molecule has 1 saturated heterocycles. The lowest BCUT2D eigenvalue weighted by Gasteiger charge is -2.32. The van der Waals surface area contributed by atoms with Gasteiger partial charge in [-0.25, -0.2) is 0 Å². The van der Waals surface area contributed by atoms with Crippen molar-refractivity contribution in [2.45, 2.75) is 51.1 Å². The fourth-order valence-corrected chi connectivity index (χ4v) is 4.06. The number of hydrogen-bond acceptors (Lipinski definition) is 3. The fourth-order valence-electron chi connectivity index (χ4n) is 3.93. The maximum atomic E-state index is 12.0. The normalized spacial score (nSPS) is 20.6. The van der Waals surface area contributed by atoms with Crippen LogP contribution in [-0.2, 0) is 11.3 Å². The first-order valence-corrected chi connectivity index (χ1v) is 10.3. The average Bonchev–Trinajstić information content (AvgIpc) is 3.37. The first-order valence-electron chi connectivity index (χ1n) is 9.97. The van der Waals surface area contributed by atoms with Crippen LogP contribution in [-0.4, -0.2) is 40.1 Å². The minimum atomic E-state index is 0.231. The zero-order valence-corrected chi connectivity index (χ0v) is 16.3. The zero-order valence-electron chi connectivity index (χ0n) is 15.6. The molecule has 1 saturated carbocycles. The van der Waals surface area contributed by atoms with Crippen LogP contribution in [0.3, 0.4) is 0 Å². The Hall–Kier alpha value is -1.85. The number of nitrogens with zero attached hydrogens (tertiary/aromatic N) is 2. The van der Waals surface area contributed by atoms with E-state index in [2.05, 4.69) is 20.4 Å². The second-order valence-corrected chi connectivity index (χ2v) is 8.34. The number of hydrogen-bond donors (Lipinski definition) is 2. The SMILES string of the molecule is O=C(CCC1CCCN(Cc2cn[nH]c2-c2ccc(Cl)cc2)C1)NC1CC1. The molecule has 1 amide bonds. The Kier molecular flexibility index (Phi) is 5.79. The molecule has 27 heavy (non-hydrogen) atoms. The highest BCUT2D eigenvalue weighted by Crippen LogP contribution is 2.27. The van der Waals surface area contributed by atoms with Crippen LogP contribution in [0.1, 0.15) is 44.1 Å². The summed E-state index contributed by atoms with van der Waals surface area (Å²) in [4.78, 5) is 14.5. The van der Waals surface area contributed by atoms with E-state index < -0.39 is 0 Å². The number of benzene rings is 1. The predicted octanol–water partition coefficient (Wildman–Crippen LogP) is 4.00. The highest BCUT2D eigenvalue weighted by molar-refractivity contribution is 6.30.